The van der Waals surface area contributed by atoms with Crippen molar-refractivity contribution in [1.82, 2.24) is 19.8 Å². The molecule has 4 atom stereocenters. The first-order valence-electron chi connectivity index (χ1n) is 13.0. The Morgan fingerprint density at radius 1 is 1.24 bits per heavy atom. The van der Waals surface area contributed by atoms with Gasteiger partial charge >= 0.3 is 20.4 Å². The quantitative estimate of drug-likeness (QED) is 0.0900. The Labute approximate surface area is 244 Å². The third-order valence-corrected chi connectivity index (χ3v) is 5.79. The van der Waals surface area contributed by atoms with Crippen molar-refractivity contribution >= 4 is 26.9 Å². The number of nitrogens with zero attached hydrogens (tertiary/aromatic N) is 3. The molecule has 2 fully saturated rings. The summed E-state index contributed by atoms with van der Waals surface area (Å²) in [6.07, 6.45) is 6.63. The predicted octanol–water partition coefficient (Wildman–Crippen LogP) is 0.449. The molecule has 2 aliphatic heterocycles. The maximum Gasteiger partial charge on any atom is 0.404 e. The van der Waals surface area contributed by atoms with Gasteiger partial charge in [0.1, 0.15) is 18.3 Å². The molecule has 1 aromatic rings. The molecule has 4 unspecified atom stereocenters. The van der Waals surface area contributed by atoms with Crippen LogP contribution in [0.15, 0.2) is 39.1 Å². The Morgan fingerprint density at radius 3 is 2.43 bits per heavy atom. The predicted molar refractivity (Wildman–Crippen MR) is 155 cm³/mol. The molecule has 0 saturated carbocycles. The van der Waals surface area contributed by atoms with Crippen LogP contribution in [0, 0.1) is 0 Å². The number of carbonyl (C=O) groups excluding carboxylic acids is 1. The van der Waals surface area contributed by atoms with Crippen molar-refractivity contribution in [3.8, 4) is 0 Å². The summed E-state index contributed by atoms with van der Waals surface area (Å²) in [7, 11) is 2.69. The lowest BCUT2D eigenvalue weighted by molar-refractivity contribution is -0.106. The van der Waals surface area contributed by atoms with Crippen LogP contribution in [0.5, 0.6) is 0 Å². The second-order valence-corrected chi connectivity index (χ2v) is 9.19. The first-order valence-corrected chi connectivity index (χ1v) is 14.1. The van der Waals surface area contributed by atoms with Crippen LogP contribution >= 0.6 is 8.60 Å². The van der Waals surface area contributed by atoms with Crippen molar-refractivity contribution in [2.45, 2.75) is 64.2 Å². The number of carbonyl (C=O) groups is 2. The molecular formula is C24H43N6O11P. The number of aromatic amines is 1. The van der Waals surface area contributed by atoms with Gasteiger partial charge in [-0.2, -0.15) is 4.99 Å². The van der Waals surface area contributed by atoms with E-state index < -0.39 is 32.2 Å². The second kappa shape index (κ2) is 22.4. The fraction of sp³-hybridized carbons (Fsp3) is 0.625. The number of H-pyrrole nitrogens is 1. The van der Waals surface area contributed by atoms with Crippen LogP contribution in [-0.4, -0.2) is 101 Å². The molecule has 17 nitrogen and oxygen atoms in total. The van der Waals surface area contributed by atoms with Crippen LogP contribution in [0.2, 0.25) is 0 Å². The summed E-state index contributed by atoms with van der Waals surface area (Å²) >= 11 is 0. The van der Waals surface area contributed by atoms with Crippen LogP contribution in [-0.2, 0) is 23.5 Å². The summed E-state index contributed by atoms with van der Waals surface area (Å²) < 4.78 is 21.6. The molecule has 240 valence electrons. The van der Waals surface area contributed by atoms with Crippen molar-refractivity contribution in [2.75, 3.05) is 34.4 Å². The Bertz CT molecular complexity index is 1080. The SMILES string of the molecule is CC.COCC1CCC(N(C)/C=C\C(N)=NC=O)O1.COP(O)O.O=C(O)NCC1CCC(n2ccc(=O)[nH]c2=O)O1. The summed E-state index contributed by atoms with van der Waals surface area (Å²) in [5.41, 5.74) is 4.46. The van der Waals surface area contributed by atoms with E-state index in [1.54, 1.807) is 19.4 Å². The van der Waals surface area contributed by atoms with E-state index in [1.807, 2.05) is 25.8 Å². The van der Waals surface area contributed by atoms with Gasteiger partial charge in [0.15, 0.2) is 0 Å². The smallest absolute Gasteiger partial charge is 0.404 e. The standard InChI is InChI=1S/C11H19N3O3.C10H13N3O5.C2H6.CH5O3P/c1-14(6-5-10(12)13-8-15)11-4-3-9(17-11)7-16-2;14-7-3-4-13(9(15)12-7)8-2-1-6(18-8)5-11-10(16)17;1-2;1-4-5(2)3/h5-6,8-9,11H,3-4,7H2,1-2H3,(H2,12,13,15);3-4,6,8,11H,1-2,5H2,(H,16,17)(H,12,14,15);1-2H3;2-3H,1H3/b6-5-;;;. The monoisotopic (exact) mass is 622 g/mol. The van der Waals surface area contributed by atoms with E-state index in [-0.39, 0.29) is 30.8 Å². The topological polar surface area (TPSA) is 240 Å². The summed E-state index contributed by atoms with van der Waals surface area (Å²) in [4.78, 5) is 65.8. The number of amidine groups is 1. The Kier molecular flexibility index (Phi) is 20.7. The lowest BCUT2D eigenvalue weighted by atomic mass is 10.2. The number of hydrogen-bond donors (Lipinski definition) is 6. The Balaban J connectivity index is 0.000000658. The molecule has 2 amide bonds. The van der Waals surface area contributed by atoms with Crippen LogP contribution in [0.3, 0.4) is 0 Å². The highest BCUT2D eigenvalue weighted by Crippen LogP contribution is 2.26. The normalized spacial score (nSPS) is 21.4. The number of aliphatic imine (C=N–C) groups is 1. The molecule has 42 heavy (non-hydrogen) atoms. The van der Waals surface area contributed by atoms with E-state index in [0.29, 0.717) is 25.9 Å². The fourth-order valence-electron chi connectivity index (χ4n) is 3.59. The minimum atomic E-state index is -2.10. The second-order valence-electron chi connectivity index (χ2n) is 8.31. The zero-order valence-electron chi connectivity index (χ0n) is 24.4. The van der Waals surface area contributed by atoms with Crippen LogP contribution in [0.4, 0.5) is 4.79 Å². The average molecular weight is 623 g/mol. The number of aromatic nitrogens is 2. The van der Waals surface area contributed by atoms with Crippen molar-refractivity contribution in [3.05, 3.63) is 45.4 Å². The third-order valence-electron chi connectivity index (χ3n) is 5.46. The van der Waals surface area contributed by atoms with E-state index in [2.05, 4.69) is 19.8 Å². The Hall–Kier alpha value is -3.18. The van der Waals surface area contributed by atoms with Crippen LogP contribution in [0.25, 0.3) is 0 Å². The maximum atomic E-state index is 11.5. The molecule has 0 aromatic carbocycles. The molecule has 2 aliphatic rings. The van der Waals surface area contributed by atoms with E-state index in [1.165, 1.54) is 23.9 Å². The van der Waals surface area contributed by atoms with Gasteiger partial charge in [0.25, 0.3) is 5.56 Å². The van der Waals surface area contributed by atoms with Gasteiger partial charge in [-0.25, -0.2) is 9.59 Å². The highest BCUT2D eigenvalue weighted by Gasteiger charge is 2.28. The first kappa shape index (κ1) is 38.8. The minimum Gasteiger partial charge on any atom is -0.465 e. The number of rotatable bonds is 10. The maximum absolute atomic E-state index is 11.5. The van der Waals surface area contributed by atoms with Gasteiger partial charge in [0.2, 0.25) is 6.41 Å². The van der Waals surface area contributed by atoms with E-state index in [9.17, 15) is 19.2 Å². The van der Waals surface area contributed by atoms with Gasteiger partial charge < -0.3 is 49.6 Å². The molecule has 0 radical (unpaired) electrons. The van der Waals surface area contributed by atoms with Crippen LogP contribution < -0.4 is 22.3 Å². The largest absolute Gasteiger partial charge is 0.465 e. The van der Waals surface area contributed by atoms with E-state index in [4.69, 9.17) is 34.8 Å². The van der Waals surface area contributed by atoms with E-state index in [0.717, 1.165) is 12.8 Å². The molecular weight excluding hydrogens is 579 g/mol. The number of nitrogens with one attached hydrogen (secondary N) is 2. The lowest BCUT2D eigenvalue weighted by Gasteiger charge is -2.22. The first-order chi connectivity index (χ1) is 20.0. The molecule has 0 spiro atoms. The van der Waals surface area contributed by atoms with Gasteiger partial charge in [-0.1, -0.05) is 13.8 Å². The zero-order valence-corrected chi connectivity index (χ0v) is 25.3. The molecule has 0 aliphatic carbocycles. The highest BCUT2D eigenvalue weighted by molar-refractivity contribution is 7.39. The van der Waals surface area contributed by atoms with Gasteiger partial charge in [0, 0.05) is 46.3 Å². The van der Waals surface area contributed by atoms with E-state index >= 15 is 0 Å². The fourth-order valence-corrected chi connectivity index (χ4v) is 3.59. The number of hydrogen-bond acceptors (Lipinski definition) is 11. The minimum absolute atomic E-state index is 0.0235. The summed E-state index contributed by atoms with van der Waals surface area (Å²) in [6, 6.07) is 1.24. The molecule has 18 heteroatoms. The molecule has 3 rings (SSSR count). The number of methoxy groups -OCH3 is 1. The van der Waals surface area contributed by atoms with Crippen molar-refractivity contribution in [1.29, 1.82) is 0 Å². The van der Waals surface area contributed by atoms with Crippen molar-refractivity contribution in [3.63, 3.8) is 0 Å². The average Bonchev–Trinajstić information content (AvgIpc) is 3.63. The number of amides is 2. The number of carboxylic acid groups (broad SMARTS) is 1. The lowest BCUT2D eigenvalue weighted by Crippen LogP contribution is -2.33. The van der Waals surface area contributed by atoms with Gasteiger partial charge in [0.05, 0.1) is 18.8 Å². The van der Waals surface area contributed by atoms with Crippen molar-refractivity contribution < 1.29 is 43.2 Å². The highest BCUT2D eigenvalue weighted by atomic mass is 31.2. The molecule has 0 bridgehead atoms. The summed E-state index contributed by atoms with van der Waals surface area (Å²) in [6.45, 7) is 4.80. The van der Waals surface area contributed by atoms with Crippen LogP contribution in [0.1, 0.15) is 45.8 Å². The molecule has 7 N–H and O–H groups in total. The number of nitrogens with two attached hydrogens (primary N) is 1. The molecule has 2 saturated heterocycles. The van der Waals surface area contributed by atoms with Gasteiger partial charge in [-0.05, 0) is 31.8 Å². The number of ether oxygens (including phenoxy) is 3. The van der Waals surface area contributed by atoms with Gasteiger partial charge in [-0.15, -0.1) is 0 Å². The summed E-state index contributed by atoms with van der Waals surface area (Å²) in [5, 5.41) is 10.7. The van der Waals surface area contributed by atoms with Gasteiger partial charge in [-0.3, -0.25) is 19.1 Å². The molecule has 1 aromatic heterocycles. The Morgan fingerprint density at radius 2 is 1.88 bits per heavy atom. The zero-order chi connectivity index (χ0) is 32.1. The third kappa shape index (κ3) is 16.3. The van der Waals surface area contributed by atoms with Crippen molar-refractivity contribution in [2.24, 2.45) is 10.7 Å². The summed E-state index contributed by atoms with van der Waals surface area (Å²) in [5.74, 6) is 0.179. The molecule has 3 heterocycles.